The van der Waals surface area contributed by atoms with Gasteiger partial charge in [-0.25, -0.2) is 0 Å². The van der Waals surface area contributed by atoms with E-state index in [9.17, 15) is 4.79 Å². The molecule has 2 N–H and O–H groups in total. The summed E-state index contributed by atoms with van der Waals surface area (Å²) in [4.78, 5) is 18.4. The van der Waals surface area contributed by atoms with Crippen molar-refractivity contribution in [1.29, 1.82) is 0 Å². The van der Waals surface area contributed by atoms with Crippen LogP contribution in [-0.4, -0.2) is 58.9 Å². The van der Waals surface area contributed by atoms with Gasteiger partial charge >= 0.3 is 0 Å². The third-order valence-corrected chi connectivity index (χ3v) is 5.51. The molecular weight excluding hydrogens is 406 g/mol. The van der Waals surface area contributed by atoms with E-state index in [0.29, 0.717) is 17.3 Å². The molecule has 29 heavy (non-hydrogen) atoms. The zero-order chi connectivity index (χ0) is 20.6. The molecule has 0 fully saturated rings. The number of aromatic nitrogens is 3. The van der Waals surface area contributed by atoms with E-state index in [0.717, 1.165) is 40.4 Å². The van der Waals surface area contributed by atoms with Crippen molar-refractivity contribution in [2.45, 2.75) is 11.4 Å². The predicted octanol–water partition coefficient (Wildman–Crippen LogP) is 3.95. The first-order valence-corrected chi connectivity index (χ1v) is 10.7. The first kappa shape index (κ1) is 21.4. The number of thioether (sulfide) groups is 1. The van der Waals surface area contributed by atoms with Gasteiger partial charge in [-0.2, -0.15) is 5.10 Å². The van der Waals surface area contributed by atoms with Crippen molar-refractivity contribution >= 4 is 29.3 Å². The second-order valence-electron chi connectivity index (χ2n) is 6.81. The number of hydrogen-bond donors (Lipinski definition) is 2. The lowest BCUT2D eigenvalue weighted by Gasteiger charge is -2.10. The second-order valence-corrected chi connectivity index (χ2v) is 8.24. The zero-order valence-corrected chi connectivity index (χ0v) is 18.1. The van der Waals surface area contributed by atoms with Gasteiger partial charge in [-0.1, -0.05) is 35.5 Å². The van der Waals surface area contributed by atoms with Gasteiger partial charge in [-0.15, -0.1) is 0 Å². The Labute approximate surface area is 180 Å². The van der Waals surface area contributed by atoms with Crippen LogP contribution in [0.4, 0.5) is 0 Å². The number of carbonyl (C=O) groups is 1. The summed E-state index contributed by atoms with van der Waals surface area (Å²) in [6, 6.07) is 11.4. The number of nitrogens with zero attached hydrogens (tertiary/aromatic N) is 3. The summed E-state index contributed by atoms with van der Waals surface area (Å²) in [5.41, 5.74) is 3.73. The van der Waals surface area contributed by atoms with E-state index in [4.69, 9.17) is 11.6 Å². The van der Waals surface area contributed by atoms with Crippen LogP contribution in [0.3, 0.4) is 0 Å². The number of carbonyl (C=O) groups excluding carboxylic acids is 1. The van der Waals surface area contributed by atoms with Crippen molar-refractivity contribution in [2.75, 3.05) is 32.9 Å². The lowest BCUT2D eigenvalue weighted by molar-refractivity contribution is -0.118. The number of pyridine rings is 1. The Morgan fingerprint density at radius 2 is 1.86 bits per heavy atom. The molecule has 0 radical (unpaired) electrons. The number of amides is 1. The molecule has 0 bridgehead atoms. The van der Waals surface area contributed by atoms with Crippen LogP contribution in [0, 0.1) is 0 Å². The fourth-order valence-corrected chi connectivity index (χ4v) is 3.82. The van der Waals surface area contributed by atoms with Crippen LogP contribution in [0.5, 0.6) is 0 Å². The van der Waals surface area contributed by atoms with Gasteiger partial charge in [0.2, 0.25) is 5.91 Å². The molecule has 2 heterocycles. The SMILES string of the molecule is CN(C)CCCNC(=O)CSc1[nH]nc(-c2ccc(Cl)cc2)c1-c1ccncc1. The van der Waals surface area contributed by atoms with Crippen molar-refractivity contribution in [3.63, 3.8) is 0 Å². The molecule has 8 heteroatoms. The monoisotopic (exact) mass is 429 g/mol. The topological polar surface area (TPSA) is 73.9 Å². The summed E-state index contributed by atoms with van der Waals surface area (Å²) < 4.78 is 0. The maximum Gasteiger partial charge on any atom is 0.230 e. The molecule has 0 unspecified atom stereocenters. The Bertz CT molecular complexity index is 928. The molecule has 0 aliphatic heterocycles. The van der Waals surface area contributed by atoms with E-state index >= 15 is 0 Å². The van der Waals surface area contributed by atoms with E-state index in [1.165, 1.54) is 11.8 Å². The minimum atomic E-state index is 0.0112. The molecule has 6 nitrogen and oxygen atoms in total. The number of nitrogens with one attached hydrogen (secondary N) is 2. The van der Waals surface area contributed by atoms with Crippen LogP contribution in [0.1, 0.15) is 6.42 Å². The van der Waals surface area contributed by atoms with Crippen molar-refractivity contribution in [3.8, 4) is 22.4 Å². The van der Waals surface area contributed by atoms with Crippen LogP contribution >= 0.6 is 23.4 Å². The average Bonchev–Trinajstić information content (AvgIpc) is 3.14. The lowest BCUT2D eigenvalue weighted by Crippen LogP contribution is -2.28. The maximum atomic E-state index is 12.2. The van der Waals surface area contributed by atoms with Crippen LogP contribution < -0.4 is 5.32 Å². The summed E-state index contributed by atoms with van der Waals surface area (Å²) >= 11 is 7.47. The molecule has 3 aromatic rings. The van der Waals surface area contributed by atoms with Crippen LogP contribution in [0.2, 0.25) is 5.02 Å². The summed E-state index contributed by atoms with van der Waals surface area (Å²) in [7, 11) is 4.05. The van der Waals surface area contributed by atoms with Crippen molar-refractivity contribution < 1.29 is 4.79 Å². The van der Waals surface area contributed by atoms with Gasteiger partial charge in [-0.05, 0) is 56.9 Å². The molecule has 0 saturated heterocycles. The standard InChI is InChI=1S/C21H24ClN5OS/c1-27(2)13-3-10-24-18(28)14-29-21-19(15-8-11-23-12-9-15)20(25-26-21)16-4-6-17(22)7-5-16/h4-9,11-12H,3,10,13-14H2,1-2H3,(H,24,28)(H,25,26). The number of benzene rings is 1. The molecule has 1 aromatic carbocycles. The quantitative estimate of drug-likeness (QED) is 0.398. The van der Waals surface area contributed by atoms with Crippen molar-refractivity contribution in [2.24, 2.45) is 0 Å². The Morgan fingerprint density at radius 1 is 1.14 bits per heavy atom. The van der Waals surface area contributed by atoms with Crippen molar-refractivity contribution in [1.82, 2.24) is 25.4 Å². The first-order chi connectivity index (χ1) is 14.0. The first-order valence-electron chi connectivity index (χ1n) is 9.33. The van der Waals surface area contributed by atoms with E-state index in [1.807, 2.05) is 50.5 Å². The average molecular weight is 430 g/mol. The van der Waals surface area contributed by atoms with Crippen molar-refractivity contribution in [3.05, 3.63) is 53.8 Å². The third kappa shape index (κ3) is 6.06. The van der Waals surface area contributed by atoms with E-state index in [-0.39, 0.29) is 5.91 Å². The number of rotatable bonds is 9. The third-order valence-electron chi connectivity index (χ3n) is 4.27. The molecule has 0 aliphatic rings. The van der Waals surface area contributed by atoms with E-state index in [2.05, 4.69) is 25.4 Å². The van der Waals surface area contributed by atoms with Crippen LogP contribution in [-0.2, 0) is 4.79 Å². The predicted molar refractivity (Wildman–Crippen MR) is 119 cm³/mol. The van der Waals surface area contributed by atoms with E-state index < -0.39 is 0 Å². The number of H-pyrrole nitrogens is 1. The molecule has 0 atom stereocenters. The molecular formula is C21H24ClN5OS. The Kier molecular flexibility index (Phi) is 7.69. The number of aromatic amines is 1. The summed E-state index contributed by atoms with van der Waals surface area (Å²) in [6.45, 7) is 1.62. The van der Waals surface area contributed by atoms with Gasteiger partial charge in [0, 0.05) is 35.1 Å². The van der Waals surface area contributed by atoms with E-state index in [1.54, 1.807) is 12.4 Å². The second kappa shape index (κ2) is 10.4. The highest BCUT2D eigenvalue weighted by atomic mass is 35.5. The number of halogens is 1. The lowest BCUT2D eigenvalue weighted by atomic mass is 10.0. The molecule has 1 amide bonds. The Morgan fingerprint density at radius 3 is 2.55 bits per heavy atom. The van der Waals surface area contributed by atoms with Gasteiger partial charge in [-0.3, -0.25) is 14.9 Å². The summed E-state index contributed by atoms with van der Waals surface area (Å²) in [5.74, 6) is 0.333. The van der Waals surface area contributed by atoms with Gasteiger partial charge in [0.05, 0.1) is 10.8 Å². The number of hydrogen-bond acceptors (Lipinski definition) is 5. The maximum absolute atomic E-state index is 12.2. The van der Waals surface area contributed by atoms with Crippen LogP contribution in [0.15, 0.2) is 53.8 Å². The van der Waals surface area contributed by atoms with Gasteiger partial charge < -0.3 is 10.2 Å². The Balaban J connectivity index is 1.75. The van der Waals surface area contributed by atoms with Gasteiger partial charge in [0.25, 0.3) is 0 Å². The largest absolute Gasteiger partial charge is 0.355 e. The van der Waals surface area contributed by atoms with Crippen LogP contribution in [0.25, 0.3) is 22.4 Å². The molecule has 0 spiro atoms. The molecule has 2 aromatic heterocycles. The smallest absolute Gasteiger partial charge is 0.230 e. The molecule has 0 aliphatic carbocycles. The highest BCUT2D eigenvalue weighted by Gasteiger charge is 2.18. The minimum absolute atomic E-state index is 0.0112. The fraction of sp³-hybridized carbons (Fsp3) is 0.286. The fourth-order valence-electron chi connectivity index (χ4n) is 2.85. The highest BCUT2D eigenvalue weighted by Crippen LogP contribution is 2.37. The minimum Gasteiger partial charge on any atom is -0.355 e. The molecule has 152 valence electrons. The zero-order valence-electron chi connectivity index (χ0n) is 16.5. The Hall–Kier alpha value is -2.35. The summed E-state index contributed by atoms with van der Waals surface area (Å²) in [5, 5.41) is 12.1. The van der Waals surface area contributed by atoms with Gasteiger partial charge in [0.15, 0.2) is 0 Å². The normalized spacial score (nSPS) is 11.0. The van der Waals surface area contributed by atoms with Gasteiger partial charge in [0.1, 0.15) is 5.69 Å². The summed E-state index contributed by atoms with van der Waals surface area (Å²) in [6.07, 6.45) is 4.43. The highest BCUT2D eigenvalue weighted by molar-refractivity contribution is 8.00. The molecule has 0 saturated carbocycles. The molecule has 3 rings (SSSR count).